The molecule has 3 aromatic carbocycles. The van der Waals surface area contributed by atoms with Crippen LogP contribution in [0, 0.1) is 11.8 Å². The van der Waals surface area contributed by atoms with Gasteiger partial charge >= 0.3 is 18.1 Å². The second kappa shape index (κ2) is 12.6. The molecule has 1 amide bonds. The van der Waals surface area contributed by atoms with Gasteiger partial charge in [0.1, 0.15) is 12.4 Å². The van der Waals surface area contributed by atoms with Gasteiger partial charge in [0.05, 0.1) is 18.4 Å². The molecule has 4 rings (SSSR count). The van der Waals surface area contributed by atoms with Crippen LogP contribution in [-0.2, 0) is 42.3 Å². The minimum Gasteiger partial charge on any atom is -0.496 e. The van der Waals surface area contributed by atoms with Gasteiger partial charge in [-0.1, -0.05) is 68.3 Å². The molecule has 1 aliphatic heterocycles. The van der Waals surface area contributed by atoms with Crippen LogP contribution in [0.25, 0.3) is 0 Å². The van der Waals surface area contributed by atoms with E-state index in [-0.39, 0.29) is 22.9 Å². The van der Waals surface area contributed by atoms with E-state index in [1.165, 1.54) is 19.2 Å². The van der Waals surface area contributed by atoms with Crippen molar-refractivity contribution in [3.63, 3.8) is 0 Å². The number of carbonyl (C=O) groups is 3. The number of ether oxygens (including phenoxy) is 3. The van der Waals surface area contributed by atoms with Crippen LogP contribution in [0.4, 0.5) is 23.2 Å². The minimum absolute atomic E-state index is 0.0457. The first-order valence-electron chi connectivity index (χ1n) is 13.3. The first kappa shape index (κ1) is 31.8. The van der Waals surface area contributed by atoms with Crippen LogP contribution in [0.3, 0.4) is 0 Å². The number of fused-ring (bicyclic) bond motifs is 1. The number of hydrogen-bond acceptors (Lipinski definition) is 6. The highest BCUT2D eigenvalue weighted by atomic mass is 35.5. The largest absolute Gasteiger partial charge is 0.496 e. The Hall–Kier alpha value is -4.12. The molecule has 3 unspecified atom stereocenters. The molecule has 1 aliphatic rings. The van der Waals surface area contributed by atoms with E-state index < -0.39 is 65.1 Å². The molecular weight excluding hydrogens is 594 g/mol. The van der Waals surface area contributed by atoms with E-state index in [0.717, 1.165) is 12.1 Å². The zero-order chi connectivity index (χ0) is 31.5. The molecule has 0 bridgehead atoms. The van der Waals surface area contributed by atoms with Crippen molar-refractivity contribution in [3.8, 4) is 5.75 Å². The van der Waals surface area contributed by atoms with E-state index in [4.69, 9.17) is 25.8 Å². The zero-order valence-corrected chi connectivity index (χ0v) is 24.2. The lowest BCUT2D eigenvalue weighted by atomic mass is 9.88. The van der Waals surface area contributed by atoms with Gasteiger partial charge in [-0.3, -0.25) is 19.3 Å². The molecule has 0 aromatic heterocycles. The molecule has 7 nitrogen and oxygen atoms in total. The van der Waals surface area contributed by atoms with Gasteiger partial charge in [0.25, 0.3) is 5.91 Å². The van der Waals surface area contributed by atoms with E-state index in [1.54, 1.807) is 44.2 Å². The summed E-state index contributed by atoms with van der Waals surface area (Å²) in [6.07, 6.45) is -4.44. The maximum atomic E-state index is 17.0. The number of nitrogens with zero attached hydrogens (tertiary/aromatic N) is 1. The second-order valence-electron chi connectivity index (χ2n) is 10.0. The van der Waals surface area contributed by atoms with Gasteiger partial charge in [-0.05, 0) is 41.8 Å². The van der Waals surface area contributed by atoms with Gasteiger partial charge in [0.2, 0.25) is 5.67 Å². The number of halogens is 5. The van der Waals surface area contributed by atoms with Crippen molar-refractivity contribution in [3.05, 3.63) is 94.0 Å². The lowest BCUT2D eigenvalue weighted by Crippen LogP contribution is -2.41. The van der Waals surface area contributed by atoms with Crippen LogP contribution in [0.5, 0.6) is 5.75 Å². The first-order chi connectivity index (χ1) is 20.3. The summed E-state index contributed by atoms with van der Waals surface area (Å²) in [6, 6.07) is 14.7. The van der Waals surface area contributed by atoms with Gasteiger partial charge in [-0.15, -0.1) is 0 Å². The third kappa shape index (κ3) is 6.31. The summed E-state index contributed by atoms with van der Waals surface area (Å²) in [7, 11) is 1.23. The summed E-state index contributed by atoms with van der Waals surface area (Å²) in [5.74, 6) is -5.32. The Morgan fingerprint density at radius 2 is 1.65 bits per heavy atom. The van der Waals surface area contributed by atoms with E-state index in [2.05, 4.69) is 0 Å². The van der Waals surface area contributed by atoms with E-state index in [0.29, 0.717) is 29.0 Å². The Balaban J connectivity index is 1.66. The van der Waals surface area contributed by atoms with Crippen molar-refractivity contribution in [2.45, 2.75) is 38.7 Å². The Labute approximate surface area is 250 Å². The molecule has 1 heterocycles. The summed E-state index contributed by atoms with van der Waals surface area (Å²) in [5, 5.41) is 0.0457. The van der Waals surface area contributed by atoms with Crippen molar-refractivity contribution >= 4 is 35.1 Å². The van der Waals surface area contributed by atoms with Crippen LogP contribution in [0.2, 0.25) is 5.02 Å². The van der Waals surface area contributed by atoms with Crippen molar-refractivity contribution in [2.75, 3.05) is 18.7 Å². The molecule has 0 saturated carbocycles. The number of methoxy groups -OCH3 is 1. The predicted molar refractivity (Wildman–Crippen MR) is 149 cm³/mol. The third-order valence-electron chi connectivity index (χ3n) is 7.34. The molecule has 12 heteroatoms. The Bertz CT molecular complexity index is 1520. The van der Waals surface area contributed by atoms with Crippen molar-refractivity contribution in [1.29, 1.82) is 0 Å². The Morgan fingerprint density at radius 1 is 0.977 bits per heavy atom. The summed E-state index contributed by atoms with van der Waals surface area (Å²) in [5.41, 5.74) is -4.74. The predicted octanol–water partition coefficient (Wildman–Crippen LogP) is 6.83. The lowest BCUT2D eigenvalue weighted by molar-refractivity contribution is -0.165. The Kier molecular flexibility index (Phi) is 9.34. The van der Waals surface area contributed by atoms with Crippen molar-refractivity contribution < 1.29 is 46.2 Å². The average molecular weight is 622 g/mol. The highest BCUT2D eigenvalue weighted by molar-refractivity contribution is 6.30. The topological polar surface area (TPSA) is 82.1 Å². The molecule has 228 valence electrons. The highest BCUT2D eigenvalue weighted by Gasteiger charge is 2.56. The molecule has 3 atom stereocenters. The summed E-state index contributed by atoms with van der Waals surface area (Å²) in [6.45, 7) is 2.28. The number of anilines is 1. The molecule has 0 spiro atoms. The van der Waals surface area contributed by atoms with E-state index in [1.807, 2.05) is 0 Å². The number of hydrogen-bond donors (Lipinski definition) is 0. The summed E-state index contributed by atoms with van der Waals surface area (Å²) >= 11 is 6.08. The van der Waals surface area contributed by atoms with Crippen LogP contribution in [0.1, 0.15) is 42.5 Å². The number of rotatable bonds is 10. The molecule has 43 heavy (non-hydrogen) atoms. The minimum atomic E-state index is -4.82. The molecule has 0 fully saturated rings. The van der Waals surface area contributed by atoms with Crippen molar-refractivity contribution in [1.82, 2.24) is 0 Å². The molecule has 0 saturated heterocycles. The molecule has 0 N–H and O–H groups in total. The third-order valence-corrected chi connectivity index (χ3v) is 7.58. The van der Waals surface area contributed by atoms with Gasteiger partial charge in [0, 0.05) is 16.1 Å². The van der Waals surface area contributed by atoms with Crippen LogP contribution in [0.15, 0.2) is 66.7 Å². The maximum absolute atomic E-state index is 17.0. The molecular formula is C31H28ClF4NO6. The highest BCUT2D eigenvalue weighted by Crippen LogP contribution is 2.51. The van der Waals surface area contributed by atoms with Gasteiger partial charge in [-0.2, -0.15) is 13.2 Å². The monoisotopic (exact) mass is 621 g/mol. The summed E-state index contributed by atoms with van der Waals surface area (Å²) in [4.78, 5) is 40.4. The van der Waals surface area contributed by atoms with Gasteiger partial charge in [0.15, 0.2) is 12.6 Å². The molecule has 3 aromatic rings. The number of carbonyl (C=O) groups excluding carboxylic acids is 3. The number of benzene rings is 3. The standard InChI is InChI=1S/C31H28ClF4NO6/c1-4-18(2)26(27(38)42-16-19-8-6-5-7-9-19)28(39)43-17-37-24-14-20(31(34,35)36)10-12-22(24)30(33,29(37)40)23-15-21(32)11-13-25(23)41-3/h5-15,18,26H,4,16-17H2,1-3H3. The fourth-order valence-corrected chi connectivity index (χ4v) is 4.98. The molecule has 0 aliphatic carbocycles. The SMILES string of the molecule is CCC(C)C(C(=O)OCc1ccccc1)C(=O)OCN1C(=O)C(F)(c2cc(Cl)ccc2OC)c2ccc(C(F)(F)F)cc21. The normalized spacial score (nSPS) is 17.7. The quantitative estimate of drug-likeness (QED) is 0.140. The first-order valence-corrected chi connectivity index (χ1v) is 13.6. The fraction of sp³-hybridized carbons (Fsp3) is 0.323. The van der Waals surface area contributed by atoms with Gasteiger partial charge in [-0.25, -0.2) is 4.39 Å². The zero-order valence-electron chi connectivity index (χ0n) is 23.4. The average Bonchev–Trinajstić information content (AvgIpc) is 3.20. The smallest absolute Gasteiger partial charge is 0.416 e. The van der Waals surface area contributed by atoms with E-state index >= 15 is 4.39 Å². The van der Waals surface area contributed by atoms with E-state index in [9.17, 15) is 27.6 Å². The van der Waals surface area contributed by atoms with Crippen LogP contribution >= 0.6 is 11.6 Å². The summed E-state index contributed by atoms with van der Waals surface area (Å²) < 4.78 is 73.7. The van der Waals surface area contributed by atoms with Crippen molar-refractivity contribution in [2.24, 2.45) is 11.8 Å². The second-order valence-corrected chi connectivity index (χ2v) is 10.5. The Morgan fingerprint density at radius 3 is 2.28 bits per heavy atom. The fourth-order valence-electron chi connectivity index (χ4n) is 4.80. The van der Waals surface area contributed by atoms with Crippen LogP contribution in [-0.4, -0.2) is 31.7 Å². The number of esters is 2. The number of amides is 1. The maximum Gasteiger partial charge on any atom is 0.416 e. The van der Waals surface area contributed by atoms with Crippen LogP contribution < -0.4 is 9.64 Å². The van der Waals surface area contributed by atoms with Gasteiger partial charge < -0.3 is 14.2 Å². The lowest BCUT2D eigenvalue weighted by Gasteiger charge is -2.24. The molecule has 0 radical (unpaired) electrons. The number of alkyl halides is 4.